The number of nitrogens with zero attached hydrogens (tertiary/aromatic N) is 1. The first-order valence-electron chi connectivity index (χ1n) is 5.64. The molecule has 0 fully saturated rings. The number of amides is 1. The third kappa shape index (κ3) is 3.23. The summed E-state index contributed by atoms with van der Waals surface area (Å²) in [4.78, 5) is 24.9. The summed E-state index contributed by atoms with van der Waals surface area (Å²) in [7, 11) is 0. The van der Waals surface area contributed by atoms with E-state index in [2.05, 4.69) is 0 Å². The van der Waals surface area contributed by atoms with Gasteiger partial charge in [0.05, 0.1) is 5.02 Å². The zero-order valence-corrected chi connectivity index (χ0v) is 12.1. The van der Waals surface area contributed by atoms with Crippen LogP contribution in [-0.4, -0.2) is 34.5 Å². The molecule has 4 nitrogen and oxygen atoms in total. The van der Waals surface area contributed by atoms with E-state index in [4.69, 9.17) is 16.7 Å². The van der Waals surface area contributed by atoms with Gasteiger partial charge in [0.15, 0.2) is 0 Å². The summed E-state index contributed by atoms with van der Waals surface area (Å²) in [5, 5.41) is 11.1. The normalized spacial score (nSPS) is 12.2. The SMILES string of the molecule is CCC(C)N(CC(=O)O)C(=O)c1scc(C)c1Cl. The van der Waals surface area contributed by atoms with E-state index < -0.39 is 5.97 Å². The second-order valence-corrected chi connectivity index (χ2v) is 5.40. The molecule has 1 unspecified atom stereocenters. The van der Waals surface area contributed by atoms with E-state index in [0.717, 1.165) is 5.56 Å². The quantitative estimate of drug-likeness (QED) is 0.906. The summed E-state index contributed by atoms with van der Waals surface area (Å²) in [5.41, 5.74) is 0.837. The van der Waals surface area contributed by atoms with Gasteiger partial charge in [0.2, 0.25) is 0 Å². The van der Waals surface area contributed by atoms with Crippen LogP contribution in [0.15, 0.2) is 5.38 Å². The van der Waals surface area contributed by atoms with E-state index in [1.54, 1.807) is 5.38 Å². The van der Waals surface area contributed by atoms with Crippen LogP contribution < -0.4 is 0 Å². The molecular formula is C12H16ClNO3S. The van der Waals surface area contributed by atoms with Crippen molar-refractivity contribution in [1.82, 2.24) is 4.90 Å². The fourth-order valence-corrected chi connectivity index (χ4v) is 2.73. The van der Waals surface area contributed by atoms with Crippen LogP contribution in [0, 0.1) is 6.92 Å². The van der Waals surface area contributed by atoms with Crippen LogP contribution in [-0.2, 0) is 4.79 Å². The van der Waals surface area contributed by atoms with Gasteiger partial charge >= 0.3 is 5.97 Å². The highest BCUT2D eigenvalue weighted by Gasteiger charge is 2.26. The lowest BCUT2D eigenvalue weighted by molar-refractivity contribution is -0.138. The van der Waals surface area contributed by atoms with Crippen molar-refractivity contribution in [3.8, 4) is 0 Å². The molecular weight excluding hydrogens is 274 g/mol. The van der Waals surface area contributed by atoms with Gasteiger partial charge in [-0.15, -0.1) is 11.3 Å². The van der Waals surface area contributed by atoms with Crippen molar-refractivity contribution in [1.29, 1.82) is 0 Å². The van der Waals surface area contributed by atoms with Gasteiger partial charge in [0, 0.05) is 6.04 Å². The number of carboxylic acid groups (broad SMARTS) is 1. The molecule has 1 N–H and O–H groups in total. The average Bonchev–Trinajstić information content (AvgIpc) is 2.65. The van der Waals surface area contributed by atoms with Crippen molar-refractivity contribution in [2.24, 2.45) is 0 Å². The fourth-order valence-electron chi connectivity index (χ4n) is 1.50. The highest BCUT2D eigenvalue weighted by molar-refractivity contribution is 7.13. The summed E-state index contributed by atoms with van der Waals surface area (Å²) in [6.07, 6.45) is 0.695. The standard InChI is InChI=1S/C12H16ClNO3S/c1-4-8(3)14(5-9(15)16)12(17)11-10(13)7(2)6-18-11/h6,8H,4-5H2,1-3H3,(H,15,16). The van der Waals surface area contributed by atoms with Crippen molar-refractivity contribution in [3.05, 3.63) is 20.8 Å². The van der Waals surface area contributed by atoms with E-state index in [1.807, 2.05) is 20.8 Å². The van der Waals surface area contributed by atoms with Gasteiger partial charge in [-0.05, 0) is 31.2 Å². The molecule has 0 aliphatic heterocycles. The van der Waals surface area contributed by atoms with Crippen molar-refractivity contribution in [2.75, 3.05) is 6.54 Å². The lowest BCUT2D eigenvalue weighted by atomic mass is 10.2. The molecule has 0 radical (unpaired) electrons. The van der Waals surface area contributed by atoms with Gasteiger partial charge in [-0.25, -0.2) is 0 Å². The molecule has 1 rings (SSSR count). The number of thiophene rings is 1. The number of aliphatic carboxylic acids is 1. The Bertz CT molecular complexity index is 458. The third-order valence-corrected chi connectivity index (χ3v) is 4.47. The van der Waals surface area contributed by atoms with Gasteiger partial charge in [0.25, 0.3) is 5.91 Å². The number of aryl methyl sites for hydroxylation is 1. The van der Waals surface area contributed by atoms with Crippen LogP contribution >= 0.6 is 22.9 Å². The third-order valence-electron chi connectivity index (χ3n) is 2.78. The average molecular weight is 290 g/mol. The number of rotatable bonds is 5. The Morgan fingerprint density at radius 3 is 2.56 bits per heavy atom. The lowest BCUT2D eigenvalue weighted by Gasteiger charge is -2.26. The van der Waals surface area contributed by atoms with E-state index in [-0.39, 0.29) is 18.5 Å². The molecule has 1 aromatic heterocycles. The summed E-state index contributed by atoms with van der Waals surface area (Å²) in [6, 6.07) is -0.132. The summed E-state index contributed by atoms with van der Waals surface area (Å²) in [6.45, 7) is 5.25. The van der Waals surface area contributed by atoms with E-state index in [0.29, 0.717) is 16.3 Å². The molecule has 0 saturated carbocycles. The second kappa shape index (κ2) is 6.20. The number of hydrogen-bond donors (Lipinski definition) is 1. The van der Waals surface area contributed by atoms with Crippen LogP contribution in [0.3, 0.4) is 0 Å². The van der Waals surface area contributed by atoms with Crippen molar-refractivity contribution < 1.29 is 14.7 Å². The minimum absolute atomic E-state index is 0.132. The summed E-state index contributed by atoms with van der Waals surface area (Å²) >= 11 is 7.30. The maximum atomic E-state index is 12.3. The first kappa shape index (κ1) is 15.0. The van der Waals surface area contributed by atoms with Gasteiger partial charge in [-0.3, -0.25) is 9.59 Å². The smallest absolute Gasteiger partial charge is 0.323 e. The topological polar surface area (TPSA) is 57.6 Å². The Morgan fingerprint density at radius 1 is 1.56 bits per heavy atom. The van der Waals surface area contributed by atoms with Crippen molar-refractivity contribution in [2.45, 2.75) is 33.2 Å². The molecule has 1 heterocycles. The predicted octanol–water partition coefficient (Wildman–Crippen LogP) is 3.04. The molecule has 0 saturated heterocycles. The van der Waals surface area contributed by atoms with Crippen molar-refractivity contribution >= 4 is 34.8 Å². The van der Waals surface area contributed by atoms with Crippen molar-refractivity contribution in [3.63, 3.8) is 0 Å². The molecule has 100 valence electrons. The molecule has 6 heteroatoms. The predicted molar refractivity (Wildman–Crippen MR) is 72.5 cm³/mol. The van der Waals surface area contributed by atoms with Crippen LogP contribution in [0.4, 0.5) is 0 Å². The zero-order chi connectivity index (χ0) is 13.9. The Kier molecular flexibility index (Phi) is 5.16. The zero-order valence-electron chi connectivity index (χ0n) is 10.6. The summed E-state index contributed by atoms with van der Waals surface area (Å²) in [5.74, 6) is -1.33. The summed E-state index contributed by atoms with van der Waals surface area (Å²) < 4.78 is 0. The van der Waals surface area contributed by atoms with Gasteiger partial charge < -0.3 is 10.0 Å². The largest absolute Gasteiger partial charge is 0.480 e. The first-order valence-corrected chi connectivity index (χ1v) is 6.90. The Hall–Kier alpha value is -1.07. The Balaban J connectivity index is 3.02. The monoisotopic (exact) mass is 289 g/mol. The highest BCUT2D eigenvalue weighted by Crippen LogP contribution is 2.29. The molecule has 0 bridgehead atoms. The van der Waals surface area contributed by atoms with Crippen LogP contribution in [0.5, 0.6) is 0 Å². The minimum Gasteiger partial charge on any atom is -0.480 e. The van der Waals surface area contributed by atoms with E-state index in [1.165, 1.54) is 16.2 Å². The maximum Gasteiger partial charge on any atom is 0.323 e. The van der Waals surface area contributed by atoms with Gasteiger partial charge in [-0.2, -0.15) is 0 Å². The molecule has 1 amide bonds. The van der Waals surface area contributed by atoms with Gasteiger partial charge in [-0.1, -0.05) is 18.5 Å². The molecule has 0 aromatic carbocycles. The Labute approximate surface area is 115 Å². The minimum atomic E-state index is -1.02. The lowest BCUT2D eigenvalue weighted by Crippen LogP contribution is -2.41. The molecule has 18 heavy (non-hydrogen) atoms. The molecule has 1 atom stereocenters. The number of carbonyl (C=O) groups excluding carboxylic acids is 1. The number of hydrogen-bond acceptors (Lipinski definition) is 3. The van der Waals surface area contributed by atoms with Gasteiger partial charge in [0.1, 0.15) is 11.4 Å². The highest BCUT2D eigenvalue weighted by atomic mass is 35.5. The molecule has 0 spiro atoms. The molecule has 0 aliphatic carbocycles. The number of carboxylic acids is 1. The fraction of sp³-hybridized carbons (Fsp3) is 0.500. The molecule has 1 aromatic rings. The Morgan fingerprint density at radius 2 is 2.17 bits per heavy atom. The van der Waals surface area contributed by atoms with E-state index in [9.17, 15) is 9.59 Å². The van der Waals surface area contributed by atoms with E-state index >= 15 is 0 Å². The number of halogens is 1. The number of carbonyl (C=O) groups is 2. The first-order chi connectivity index (χ1) is 8.38. The second-order valence-electron chi connectivity index (χ2n) is 4.15. The van der Waals surface area contributed by atoms with Crippen LogP contribution in [0.2, 0.25) is 5.02 Å². The maximum absolute atomic E-state index is 12.3. The van der Waals surface area contributed by atoms with Crippen LogP contribution in [0.1, 0.15) is 35.5 Å². The molecule has 0 aliphatic rings. The van der Waals surface area contributed by atoms with Crippen LogP contribution in [0.25, 0.3) is 0 Å².